The molecule has 0 amide bonds. The number of aliphatic hydroxyl groups excluding tert-OH is 1. The molecule has 3 heteroatoms. The van der Waals surface area contributed by atoms with Crippen molar-refractivity contribution in [3.05, 3.63) is 55.0 Å². The Morgan fingerprint density at radius 2 is 1.67 bits per heavy atom. The Balaban J connectivity index is 2.43. The minimum absolute atomic E-state index is 0.148. The Morgan fingerprint density at radius 1 is 0.933 bits per heavy atom. The molecule has 0 unspecified atom stereocenters. The van der Waals surface area contributed by atoms with Gasteiger partial charge in [-0.15, -0.1) is 9.13 Å². The van der Waals surface area contributed by atoms with Crippen molar-refractivity contribution in [1.29, 1.82) is 0 Å². The van der Waals surface area contributed by atoms with Gasteiger partial charge in [-0.3, -0.25) is 0 Å². The van der Waals surface area contributed by atoms with Crippen LogP contribution in [0.4, 0.5) is 0 Å². The molecule has 0 radical (unpaired) electrons. The zero-order chi connectivity index (χ0) is 10.5. The molecule has 0 aliphatic carbocycles. The zero-order valence-electron chi connectivity index (χ0n) is 8.45. The Morgan fingerprint density at radius 3 is 2.40 bits per heavy atom. The van der Waals surface area contributed by atoms with Crippen LogP contribution in [0.3, 0.4) is 0 Å². The largest absolute Gasteiger partial charge is 0.449 e. The van der Waals surface area contributed by atoms with E-state index in [0.717, 1.165) is 5.82 Å². The summed E-state index contributed by atoms with van der Waals surface area (Å²) in [5, 5.41) is 8.96. The SMILES string of the molecule is OCC[n+]1ccccc1-[n+]1ccccc1. The van der Waals surface area contributed by atoms with Crippen LogP contribution in [0.5, 0.6) is 0 Å². The van der Waals surface area contributed by atoms with Crippen LogP contribution in [-0.4, -0.2) is 11.7 Å². The van der Waals surface area contributed by atoms with Crippen molar-refractivity contribution < 1.29 is 14.2 Å². The fourth-order valence-corrected chi connectivity index (χ4v) is 1.55. The molecule has 76 valence electrons. The van der Waals surface area contributed by atoms with E-state index in [4.69, 9.17) is 5.11 Å². The second-order valence-electron chi connectivity index (χ2n) is 3.26. The summed E-state index contributed by atoms with van der Waals surface area (Å²) in [6.07, 6.45) is 5.94. The Bertz CT molecular complexity index is 429. The fraction of sp³-hybridized carbons (Fsp3) is 0.167. The van der Waals surface area contributed by atoms with Crippen LogP contribution in [0.1, 0.15) is 0 Å². The first kappa shape index (κ1) is 9.80. The van der Waals surface area contributed by atoms with Gasteiger partial charge in [0, 0.05) is 18.2 Å². The van der Waals surface area contributed by atoms with Gasteiger partial charge < -0.3 is 5.11 Å². The molecule has 0 aliphatic rings. The first-order valence-electron chi connectivity index (χ1n) is 4.98. The monoisotopic (exact) mass is 202 g/mol. The highest BCUT2D eigenvalue weighted by molar-refractivity contribution is 5.03. The van der Waals surface area contributed by atoms with E-state index in [1.54, 1.807) is 0 Å². The van der Waals surface area contributed by atoms with Gasteiger partial charge in [0.25, 0.3) is 0 Å². The molecule has 0 fully saturated rings. The van der Waals surface area contributed by atoms with Gasteiger partial charge in [0.05, 0.1) is 6.07 Å². The average molecular weight is 202 g/mol. The third-order valence-electron chi connectivity index (χ3n) is 2.24. The molecule has 0 aliphatic heterocycles. The third kappa shape index (κ3) is 2.19. The number of hydrogen-bond donors (Lipinski definition) is 1. The smallest absolute Gasteiger partial charge is 0.390 e. The zero-order valence-corrected chi connectivity index (χ0v) is 8.45. The average Bonchev–Trinajstić information content (AvgIpc) is 2.31. The van der Waals surface area contributed by atoms with Crippen molar-refractivity contribution in [3.8, 4) is 5.82 Å². The third-order valence-corrected chi connectivity index (χ3v) is 2.24. The number of pyridine rings is 2. The molecule has 2 aromatic heterocycles. The van der Waals surface area contributed by atoms with Gasteiger partial charge in [-0.05, 0) is 6.07 Å². The number of hydrogen-bond acceptors (Lipinski definition) is 1. The summed E-state index contributed by atoms with van der Waals surface area (Å²) >= 11 is 0. The van der Waals surface area contributed by atoms with Gasteiger partial charge in [0.15, 0.2) is 25.1 Å². The van der Waals surface area contributed by atoms with Crippen LogP contribution in [0.25, 0.3) is 5.82 Å². The molecule has 1 N–H and O–H groups in total. The molecule has 0 saturated carbocycles. The number of aromatic nitrogens is 2. The van der Waals surface area contributed by atoms with Gasteiger partial charge in [0.1, 0.15) is 6.61 Å². The predicted octanol–water partition coefficient (Wildman–Crippen LogP) is 0.243. The lowest BCUT2D eigenvalue weighted by Crippen LogP contribution is -2.49. The second kappa shape index (κ2) is 4.66. The molecule has 2 heterocycles. The molecule has 0 bridgehead atoms. The van der Waals surface area contributed by atoms with Crippen LogP contribution in [0.2, 0.25) is 0 Å². The molecule has 0 saturated heterocycles. The van der Waals surface area contributed by atoms with Gasteiger partial charge in [-0.25, -0.2) is 0 Å². The van der Waals surface area contributed by atoms with Crippen molar-refractivity contribution in [2.24, 2.45) is 0 Å². The molecular weight excluding hydrogens is 188 g/mol. The normalized spacial score (nSPS) is 10.2. The summed E-state index contributed by atoms with van der Waals surface area (Å²) in [6, 6.07) is 11.9. The van der Waals surface area contributed by atoms with Crippen molar-refractivity contribution >= 4 is 0 Å². The maximum Gasteiger partial charge on any atom is 0.449 e. The van der Waals surface area contributed by atoms with Gasteiger partial charge in [-0.2, -0.15) is 0 Å². The highest BCUT2D eigenvalue weighted by Crippen LogP contribution is 1.90. The van der Waals surface area contributed by atoms with Crippen LogP contribution < -0.4 is 9.13 Å². The minimum Gasteiger partial charge on any atom is -0.390 e. The van der Waals surface area contributed by atoms with E-state index < -0.39 is 0 Å². The summed E-state index contributed by atoms with van der Waals surface area (Å²) in [6.45, 7) is 0.757. The van der Waals surface area contributed by atoms with E-state index in [1.807, 2.05) is 64.1 Å². The highest BCUT2D eigenvalue weighted by Gasteiger charge is 2.17. The standard InChI is InChI=1S/C12H14N2O/c15-11-10-14-9-5-2-6-12(14)13-7-3-1-4-8-13/h1-9,15H,10-11H2/q+2. The molecule has 3 nitrogen and oxygen atoms in total. The lowest BCUT2D eigenvalue weighted by atomic mass is 10.4. The molecule has 0 spiro atoms. The number of rotatable bonds is 3. The summed E-state index contributed by atoms with van der Waals surface area (Å²) in [5.41, 5.74) is 0. The van der Waals surface area contributed by atoms with E-state index >= 15 is 0 Å². The van der Waals surface area contributed by atoms with Gasteiger partial charge in [0.2, 0.25) is 0 Å². The van der Waals surface area contributed by atoms with Crippen LogP contribution in [0.15, 0.2) is 55.0 Å². The lowest BCUT2D eigenvalue weighted by Gasteiger charge is -1.96. The van der Waals surface area contributed by atoms with Crippen molar-refractivity contribution in [3.63, 3.8) is 0 Å². The van der Waals surface area contributed by atoms with Crippen molar-refractivity contribution in [2.45, 2.75) is 6.54 Å². The maximum atomic E-state index is 8.96. The predicted molar refractivity (Wildman–Crippen MR) is 55.3 cm³/mol. The molecule has 0 atom stereocenters. The van der Waals surface area contributed by atoms with Crippen LogP contribution in [-0.2, 0) is 6.54 Å². The van der Waals surface area contributed by atoms with Gasteiger partial charge >= 0.3 is 5.82 Å². The molecule has 2 rings (SSSR count). The first-order valence-corrected chi connectivity index (χ1v) is 4.98. The van der Waals surface area contributed by atoms with E-state index in [0.29, 0.717) is 6.54 Å². The Hall–Kier alpha value is -1.74. The van der Waals surface area contributed by atoms with Crippen molar-refractivity contribution in [2.75, 3.05) is 6.61 Å². The summed E-state index contributed by atoms with van der Waals surface area (Å²) in [4.78, 5) is 0. The Kier molecular flexibility index (Phi) is 3.05. The molecule has 15 heavy (non-hydrogen) atoms. The van der Waals surface area contributed by atoms with E-state index in [2.05, 4.69) is 0 Å². The second-order valence-corrected chi connectivity index (χ2v) is 3.26. The first-order chi connectivity index (χ1) is 7.42. The Labute approximate surface area is 88.9 Å². The summed E-state index contributed by atoms with van der Waals surface area (Å²) in [7, 11) is 0. The highest BCUT2D eigenvalue weighted by atomic mass is 16.3. The minimum atomic E-state index is 0.148. The van der Waals surface area contributed by atoms with E-state index in [-0.39, 0.29) is 6.61 Å². The van der Waals surface area contributed by atoms with E-state index in [9.17, 15) is 0 Å². The van der Waals surface area contributed by atoms with E-state index in [1.165, 1.54) is 0 Å². The van der Waals surface area contributed by atoms with Crippen molar-refractivity contribution in [1.82, 2.24) is 0 Å². The molecule has 0 aromatic carbocycles. The maximum absolute atomic E-state index is 8.96. The van der Waals surface area contributed by atoms with Gasteiger partial charge in [-0.1, -0.05) is 6.07 Å². The summed E-state index contributed by atoms with van der Waals surface area (Å²) in [5.74, 6) is 1.05. The molecular formula is C12H14N2O+2. The number of nitrogens with zero attached hydrogens (tertiary/aromatic N) is 2. The fourth-order valence-electron chi connectivity index (χ4n) is 1.55. The van der Waals surface area contributed by atoms with Crippen LogP contribution >= 0.6 is 0 Å². The quantitative estimate of drug-likeness (QED) is 0.710. The van der Waals surface area contributed by atoms with Crippen LogP contribution in [0, 0.1) is 0 Å². The summed E-state index contributed by atoms with van der Waals surface area (Å²) < 4.78 is 4.04. The topological polar surface area (TPSA) is 28.0 Å². The lowest BCUT2D eigenvalue weighted by molar-refractivity contribution is -0.792. The number of aliphatic hydroxyl groups is 1. The molecule has 2 aromatic rings.